The van der Waals surface area contributed by atoms with Crippen LogP contribution in [0.3, 0.4) is 0 Å². The minimum atomic E-state index is -0.518. The number of nitrogens with one attached hydrogen (secondary N) is 2. The molecule has 3 aromatic rings. The Kier molecular flexibility index (Phi) is 8.75. The zero-order chi connectivity index (χ0) is 29.9. The maximum atomic E-state index is 14.4. The van der Waals surface area contributed by atoms with Crippen LogP contribution in [-0.2, 0) is 25.7 Å². The number of hydrogen-bond acceptors (Lipinski definition) is 11. The van der Waals surface area contributed by atoms with Gasteiger partial charge in [0.15, 0.2) is 0 Å². The summed E-state index contributed by atoms with van der Waals surface area (Å²) in [5, 5.41) is 24.0. The van der Waals surface area contributed by atoms with Crippen LogP contribution in [0.5, 0.6) is 0 Å². The first-order valence-corrected chi connectivity index (χ1v) is 14.6. The third-order valence-electron chi connectivity index (χ3n) is 8.16. The van der Waals surface area contributed by atoms with E-state index < -0.39 is 12.4 Å². The van der Waals surface area contributed by atoms with Gasteiger partial charge in [-0.2, -0.15) is 5.10 Å². The molecular weight excluding hydrogens is 581 g/mol. The first-order chi connectivity index (χ1) is 20.9. The van der Waals surface area contributed by atoms with Crippen LogP contribution in [0.4, 0.5) is 21.7 Å². The zero-order valence-corrected chi connectivity index (χ0v) is 24.0. The van der Waals surface area contributed by atoms with Crippen molar-refractivity contribution in [3.8, 4) is 11.3 Å². The highest BCUT2D eigenvalue weighted by Gasteiger charge is 2.40. The number of aliphatic hydroxyl groups is 1. The van der Waals surface area contributed by atoms with E-state index in [1.165, 1.54) is 30.6 Å². The minimum Gasteiger partial charge on any atom is -0.457 e. The molecule has 1 aromatic carbocycles. The number of hydrogen-bond donors (Lipinski definition) is 3. The molecule has 3 N–H and O–H groups in total. The Morgan fingerprint density at radius 2 is 1.84 bits per heavy atom. The van der Waals surface area contributed by atoms with Gasteiger partial charge in [-0.3, -0.25) is 9.59 Å². The summed E-state index contributed by atoms with van der Waals surface area (Å²) < 4.78 is 24.9. The number of amides is 1. The van der Waals surface area contributed by atoms with E-state index in [0.29, 0.717) is 41.6 Å². The summed E-state index contributed by atoms with van der Waals surface area (Å²) in [4.78, 5) is 36.0. The quantitative estimate of drug-likeness (QED) is 0.306. The van der Waals surface area contributed by atoms with Gasteiger partial charge in [0.1, 0.15) is 35.6 Å². The number of aromatic nitrogens is 4. The van der Waals surface area contributed by atoms with Crippen molar-refractivity contribution in [1.82, 2.24) is 25.1 Å². The number of ether oxygens (including phenoxy) is 2. The van der Waals surface area contributed by atoms with Gasteiger partial charge in [0.05, 0.1) is 37.1 Å². The lowest BCUT2D eigenvalue weighted by Gasteiger charge is -2.44. The third-order valence-corrected chi connectivity index (χ3v) is 8.39. The molecule has 43 heavy (non-hydrogen) atoms. The number of carbonyl (C=O) groups excluding carboxylic acids is 2. The van der Waals surface area contributed by atoms with Gasteiger partial charge in [0.25, 0.3) is 0 Å². The molecule has 3 fully saturated rings. The SMILES string of the molecule is O=C(Nc1cc(Nc2cc(-c3cc(Cl)ccc3F)nnc2CO)ncn1)C1CC(N2CCC(C(=O)OC3COC3)CC2)C1. The average Bonchev–Trinajstić information content (AvgIpc) is 2.96. The molecule has 2 aliphatic heterocycles. The van der Waals surface area contributed by atoms with Crippen LogP contribution in [0.2, 0.25) is 5.02 Å². The predicted molar refractivity (Wildman–Crippen MR) is 154 cm³/mol. The Labute approximate surface area is 252 Å². The van der Waals surface area contributed by atoms with Crippen LogP contribution in [-0.4, -0.2) is 80.5 Å². The lowest BCUT2D eigenvalue weighted by molar-refractivity contribution is -0.178. The lowest BCUT2D eigenvalue weighted by Crippen LogP contribution is -2.51. The third kappa shape index (κ3) is 6.74. The fraction of sp³-hybridized carbons (Fsp3) is 0.448. The molecule has 6 rings (SSSR count). The predicted octanol–water partition coefficient (Wildman–Crippen LogP) is 3.33. The number of likely N-dealkylation sites (tertiary alicyclic amines) is 1. The Hall–Kier alpha value is -3.78. The second-order valence-corrected chi connectivity index (χ2v) is 11.4. The lowest BCUT2D eigenvalue weighted by atomic mass is 9.77. The van der Waals surface area contributed by atoms with E-state index in [1.54, 1.807) is 6.07 Å². The van der Waals surface area contributed by atoms with Crippen molar-refractivity contribution in [1.29, 1.82) is 0 Å². The monoisotopic (exact) mass is 611 g/mol. The highest BCUT2D eigenvalue weighted by molar-refractivity contribution is 6.30. The molecule has 226 valence electrons. The van der Waals surface area contributed by atoms with Crippen LogP contribution in [0.25, 0.3) is 11.3 Å². The van der Waals surface area contributed by atoms with Crippen LogP contribution in [0, 0.1) is 17.7 Å². The van der Waals surface area contributed by atoms with Gasteiger partial charge in [-0.15, -0.1) is 5.10 Å². The number of aliphatic hydroxyl groups excluding tert-OH is 1. The highest BCUT2D eigenvalue weighted by Crippen LogP contribution is 2.35. The minimum absolute atomic E-state index is 0.0717. The molecule has 1 saturated carbocycles. The summed E-state index contributed by atoms with van der Waals surface area (Å²) in [5.74, 6) is -0.325. The second kappa shape index (κ2) is 12.8. The largest absolute Gasteiger partial charge is 0.457 e. The van der Waals surface area contributed by atoms with Gasteiger partial charge >= 0.3 is 5.97 Å². The van der Waals surface area contributed by atoms with Gasteiger partial charge in [-0.1, -0.05) is 11.6 Å². The van der Waals surface area contributed by atoms with E-state index in [0.717, 1.165) is 38.8 Å². The Bertz CT molecular complexity index is 1500. The number of piperidine rings is 1. The van der Waals surface area contributed by atoms with E-state index in [1.807, 2.05) is 0 Å². The summed E-state index contributed by atoms with van der Waals surface area (Å²) in [6, 6.07) is 7.53. The van der Waals surface area contributed by atoms with Crippen molar-refractivity contribution in [2.45, 2.75) is 44.4 Å². The number of esters is 1. The fourth-order valence-electron chi connectivity index (χ4n) is 5.47. The van der Waals surface area contributed by atoms with Crippen molar-refractivity contribution in [3.05, 3.63) is 53.2 Å². The van der Waals surface area contributed by atoms with Crippen LogP contribution in [0.15, 0.2) is 36.7 Å². The van der Waals surface area contributed by atoms with Gasteiger partial charge in [0.2, 0.25) is 5.91 Å². The summed E-state index contributed by atoms with van der Waals surface area (Å²) >= 11 is 6.03. The molecule has 4 heterocycles. The molecule has 14 heteroatoms. The number of rotatable bonds is 9. The molecule has 1 amide bonds. The Morgan fingerprint density at radius 3 is 2.56 bits per heavy atom. The fourth-order valence-corrected chi connectivity index (χ4v) is 5.64. The van der Waals surface area contributed by atoms with Gasteiger partial charge in [-0.25, -0.2) is 14.4 Å². The summed E-state index contributed by atoms with van der Waals surface area (Å²) in [7, 11) is 0. The maximum absolute atomic E-state index is 14.4. The molecule has 2 aromatic heterocycles. The van der Waals surface area contributed by atoms with Crippen molar-refractivity contribution >= 4 is 40.8 Å². The summed E-state index contributed by atoms with van der Waals surface area (Å²) in [6.45, 7) is 2.19. The molecule has 1 aliphatic carbocycles. The molecule has 0 atom stereocenters. The van der Waals surface area contributed by atoms with E-state index >= 15 is 0 Å². The van der Waals surface area contributed by atoms with Crippen molar-refractivity contribution in [3.63, 3.8) is 0 Å². The molecule has 0 spiro atoms. The van der Waals surface area contributed by atoms with Crippen LogP contribution >= 0.6 is 11.6 Å². The molecule has 12 nitrogen and oxygen atoms in total. The molecular formula is C29H31ClFN7O5. The first-order valence-electron chi connectivity index (χ1n) is 14.2. The molecule has 0 radical (unpaired) electrons. The average molecular weight is 612 g/mol. The normalized spacial score (nSPS) is 21.0. The summed E-state index contributed by atoms with van der Waals surface area (Å²) in [6.07, 6.45) is 4.21. The topological polar surface area (TPSA) is 152 Å². The molecule has 0 bridgehead atoms. The van der Waals surface area contributed by atoms with Crippen molar-refractivity contribution in [2.24, 2.45) is 11.8 Å². The van der Waals surface area contributed by atoms with Crippen LogP contribution < -0.4 is 10.6 Å². The number of anilines is 3. The van der Waals surface area contributed by atoms with Crippen molar-refractivity contribution < 1.29 is 28.6 Å². The maximum Gasteiger partial charge on any atom is 0.309 e. The van der Waals surface area contributed by atoms with E-state index in [2.05, 4.69) is 35.7 Å². The van der Waals surface area contributed by atoms with Crippen molar-refractivity contribution in [2.75, 3.05) is 36.9 Å². The Morgan fingerprint density at radius 1 is 1.07 bits per heavy atom. The van der Waals surface area contributed by atoms with E-state index in [4.69, 9.17) is 21.1 Å². The highest BCUT2D eigenvalue weighted by atomic mass is 35.5. The zero-order valence-electron chi connectivity index (χ0n) is 23.2. The van der Waals surface area contributed by atoms with E-state index in [9.17, 15) is 19.1 Å². The molecule has 3 aliphatic rings. The van der Waals surface area contributed by atoms with Gasteiger partial charge in [0, 0.05) is 28.6 Å². The second-order valence-electron chi connectivity index (χ2n) is 11.0. The van der Waals surface area contributed by atoms with E-state index in [-0.39, 0.29) is 46.8 Å². The number of carbonyl (C=O) groups is 2. The standard InChI is InChI=1S/C29H31ClFN7O5/c30-18-1-2-22(31)21(9-18)23-10-24(25(12-39)37-36-23)34-26-11-27(33-15-32-26)35-28(40)17-7-19(8-17)38-5-3-16(4-6-38)29(41)43-20-13-42-14-20/h1-2,9-11,15-17,19-20,39H,3-8,12-14H2,(H2,32,33,34,35,36,40). The Balaban J connectivity index is 1.02. The number of benzene rings is 1. The van der Waals surface area contributed by atoms with Gasteiger partial charge < -0.3 is 30.1 Å². The van der Waals surface area contributed by atoms with Gasteiger partial charge in [-0.05, 0) is 63.0 Å². The molecule has 2 saturated heterocycles. The first kappa shape index (κ1) is 29.3. The molecule has 0 unspecified atom stereocenters. The summed E-state index contributed by atoms with van der Waals surface area (Å²) in [5.41, 5.74) is 0.964. The van der Waals surface area contributed by atoms with Crippen LogP contribution in [0.1, 0.15) is 31.4 Å². The number of nitrogens with zero attached hydrogens (tertiary/aromatic N) is 5. The number of halogens is 2. The smallest absolute Gasteiger partial charge is 0.309 e.